The van der Waals surface area contributed by atoms with E-state index in [1.807, 2.05) is 6.92 Å². The Kier molecular flexibility index (Phi) is 3.29. The van der Waals surface area contributed by atoms with Crippen molar-refractivity contribution in [2.75, 3.05) is 20.8 Å². The van der Waals surface area contributed by atoms with Gasteiger partial charge in [0.2, 0.25) is 0 Å². The first-order valence-corrected chi connectivity index (χ1v) is 6.06. The van der Waals surface area contributed by atoms with Crippen LogP contribution in [-0.2, 0) is 6.42 Å². The molecule has 0 spiro atoms. The van der Waals surface area contributed by atoms with E-state index in [9.17, 15) is 0 Å². The second-order valence-electron chi connectivity index (χ2n) is 5.03. The van der Waals surface area contributed by atoms with Crippen LogP contribution in [0.5, 0.6) is 11.5 Å². The van der Waals surface area contributed by atoms with Gasteiger partial charge < -0.3 is 15.2 Å². The lowest BCUT2D eigenvalue weighted by atomic mass is 9.94. The number of hydrogen-bond acceptors (Lipinski definition) is 3. The third-order valence-corrected chi connectivity index (χ3v) is 3.69. The van der Waals surface area contributed by atoms with Gasteiger partial charge in [0.15, 0.2) is 0 Å². The third-order valence-electron chi connectivity index (χ3n) is 3.69. The summed E-state index contributed by atoms with van der Waals surface area (Å²) in [7, 11) is 3.42. The fourth-order valence-electron chi connectivity index (χ4n) is 2.29. The molecular weight excluding hydrogens is 214 g/mol. The van der Waals surface area contributed by atoms with Crippen LogP contribution >= 0.6 is 0 Å². The molecule has 3 heteroatoms. The number of ether oxygens (including phenoxy) is 2. The zero-order chi connectivity index (χ0) is 12.5. The SMILES string of the molecule is COc1cc(C)cc(OC)c1CC1(CN)CC1. The summed E-state index contributed by atoms with van der Waals surface area (Å²) in [6, 6.07) is 4.12. The minimum Gasteiger partial charge on any atom is -0.496 e. The molecule has 2 N–H and O–H groups in total. The molecule has 0 heterocycles. The van der Waals surface area contributed by atoms with E-state index in [1.165, 1.54) is 12.8 Å². The summed E-state index contributed by atoms with van der Waals surface area (Å²) in [4.78, 5) is 0. The zero-order valence-electron chi connectivity index (χ0n) is 10.9. The molecule has 0 aliphatic heterocycles. The van der Waals surface area contributed by atoms with Crippen molar-refractivity contribution in [3.05, 3.63) is 23.3 Å². The van der Waals surface area contributed by atoms with Crippen LogP contribution in [0.3, 0.4) is 0 Å². The molecule has 0 amide bonds. The van der Waals surface area contributed by atoms with E-state index in [2.05, 4.69) is 12.1 Å². The molecule has 1 aromatic rings. The van der Waals surface area contributed by atoms with Crippen LogP contribution in [0, 0.1) is 12.3 Å². The molecule has 1 saturated carbocycles. The van der Waals surface area contributed by atoms with Crippen LogP contribution in [0.25, 0.3) is 0 Å². The molecule has 2 rings (SSSR count). The average Bonchev–Trinajstić information content (AvgIpc) is 3.11. The predicted molar refractivity (Wildman–Crippen MR) is 68.7 cm³/mol. The lowest BCUT2D eigenvalue weighted by molar-refractivity contribution is 0.374. The van der Waals surface area contributed by atoms with E-state index in [1.54, 1.807) is 14.2 Å². The fraction of sp³-hybridized carbons (Fsp3) is 0.571. The summed E-state index contributed by atoms with van der Waals surface area (Å²) in [5.41, 5.74) is 8.44. The maximum atomic E-state index is 5.85. The maximum Gasteiger partial charge on any atom is 0.126 e. The summed E-state index contributed by atoms with van der Waals surface area (Å²) >= 11 is 0. The van der Waals surface area contributed by atoms with E-state index in [-0.39, 0.29) is 5.41 Å². The summed E-state index contributed by atoms with van der Waals surface area (Å²) in [6.45, 7) is 2.79. The number of hydrogen-bond donors (Lipinski definition) is 1. The van der Waals surface area contributed by atoms with Crippen molar-refractivity contribution in [1.29, 1.82) is 0 Å². The van der Waals surface area contributed by atoms with Crippen molar-refractivity contribution in [1.82, 2.24) is 0 Å². The quantitative estimate of drug-likeness (QED) is 0.851. The Balaban J connectivity index is 2.36. The van der Waals surface area contributed by atoms with E-state index >= 15 is 0 Å². The Hall–Kier alpha value is -1.22. The molecule has 94 valence electrons. The Morgan fingerprint density at radius 1 is 1.18 bits per heavy atom. The summed E-state index contributed by atoms with van der Waals surface area (Å²) < 4.78 is 10.9. The highest BCUT2D eigenvalue weighted by Gasteiger charge is 2.42. The highest BCUT2D eigenvalue weighted by atomic mass is 16.5. The minimum absolute atomic E-state index is 0.288. The Morgan fingerprint density at radius 2 is 1.71 bits per heavy atom. The molecule has 0 aromatic heterocycles. The molecular formula is C14H21NO2. The molecule has 1 aliphatic rings. The van der Waals surface area contributed by atoms with Crippen molar-refractivity contribution in [3.8, 4) is 11.5 Å². The molecule has 3 nitrogen and oxygen atoms in total. The molecule has 17 heavy (non-hydrogen) atoms. The Morgan fingerprint density at radius 3 is 2.06 bits per heavy atom. The topological polar surface area (TPSA) is 44.5 Å². The summed E-state index contributed by atoms with van der Waals surface area (Å²) in [5.74, 6) is 1.84. The van der Waals surface area contributed by atoms with Crippen LogP contribution in [0.2, 0.25) is 0 Å². The molecule has 1 fully saturated rings. The molecule has 0 bridgehead atoms. The monoisotopic (exact) mass is 235 g/mol. The van der Waals surface area contributed by atoms with Gasteiger partial charge in [0.05, 0.1) is 14.2 Å². The third kappa shape index (κ3) is 2.39. The van der Waals surface area contributed by atoms with Gasteiger partial charge in [-0.05, 0) is 55.8 Å². The van der Waals surface area contributed by atoms with Crippen molar-refractivity contribution in [2.24, 2.45) is 11.1 Å². The van der Waals surface area contributed by atoms with Crippen molar-refractivity contribution in [3.63, 3.8) is 0 Å². The Bertz CT molecular complexity index is 386. The smallest absolute Gasteiger partial charge is 0.126 e. The second-order valence-corrected chi connectivity index (χ2v) is 5.03. The van der Waals surface area contributed by atoms with Crippen LogP contribution < -0.4 is 15.2 Å². The number of nitrogens with two attached hydrogens (primary N) is 1. The first kappa shape index (κ1) is 12.2. The number of benzene rings is 1. The number of rotatable bonds is 5. The van der Waals surface area contributed by atoms with Crippen molar-refractivity contribution >= 4 is 0 Å². The lowest BCUT2D eigenvalue weighted by Crippen LogP contribution is -2.18. The highest BCUT2D eigenvalue weighted by Crippen LogP contribution is 2.50. The maximum absolute atomic E-state index is 5.85. The number of methoxy groups -OCH3 is 2. The first-order valence-electron chi connectivity index (χ1n) is 6.06. The number of aryl methyl sites for hydroxylation is 1. The minimum atomic E-state index is 0.288. The van der Waals surface area contributed by atoms with Gasteiger partial charge in [-0.15, -0.1) is 0 Å². The molecule has 0 radical (unpaired) electrons. The fourth-order valence-corrected chi connectivity index (χ4v) is 2.29. The van der Waals surface area contributed by atoms with Gasteiger partial charge in [0, 0.05) is 5.56 Å². The van der Waals surface area contributed by atoms with Crippen LogP contribution in [0.4, 0.5) is 0 Å². The zero-order valence-corrected chi connectivity index (χ0v) is 10.9. The summed E-state index contributed by atoms with van der Waals surface area (Å²) in [6.07, 6.45) is 3.38. The molecule has 0 atom stereocenters. The van der Waals surface area contributed by atoms with Gasteiger partial charge in [0.25, 0.3) is 0 Å². The highest BCUT2D eigenvalue weighted by molar-refractivity contribution is 5.48. The lowest BCUT2D eigenvalue weighted by Gasteiger charge is -2.18. The molecule has 0 unspecified atom stereocenters. The van der Waals surface area contributed by atoms with Crippen LogP contribution in [-0.4, -0.2) is 20.8 Å². The molecule has 1 aromatic carbocycles. The van der Waals surface area contributed by atoms with Crippen molar-refractivity contribution < 1.29 is 9.47 Å². The standard InChI is InChI=1S/C14H21NO2/c1-10-6-12(16-2)11(13(7-10)17-3)8-14(9-15)4-5-14/h6-7H,4-5,8-9,15H2,1-3H3. The van der Waals surface area contributed by atoms with Gasteiger partial charge >= 0.3 is 0 Å². The van der Waals surface area contributed by atoms with Crippen LogP contribution in [0.1, 0.15) is 24.0 Å². The first-order chi connectivity index (χ1) is 8.14. The van der Waals surface area contributed by atoms with Gasteiger partial charge in [-0.25, -0.2) is 0 Å². The van der Waals surface area contributed by atoms with E-state index in [0.717, 1.165) is 35.6 Å². The van der Waals surface area contributed by atoms with Gasteiger partial charge in [0.1, 0.15) is 11.5 Å². The molecule has 0 saturated heterocycles. The van der Waals surface area contributed by atoms with Gasteiger partial charge in [-0.2, -0.15) is 0 Å². The predicted octanol–water partition coefficient (Wildman–Crippen LogP) is 2.29. The van der Waals surface area contributed by atoms with Crippen molar-refractivity contribution in [2.45, 2.75) is 26.2 Å². The van der Waals surface area contributed by atoms with Crippen LogP contribution in [0.15, 0.2) is 12.1 Å². The largest absolute Gasteiger partial charge is 0.496 e. The second kappa shape index (κ2) is 4.57. The van der Waals surface area contributed by atoms with E-state index in [0.29, 0.717) is 0 Å². The van der Waals surface area contributed by atoms with Gasteiger partial charge in [-0.1, -0.05) is 0 Å². The summed E-state index contributed by atoms with van der Waals surface area (Å²) in [5, 5.41) is 0. The molecule has 1 aliphatic carbocycles. The average molecular weight is 235 g/mol. The van der Waals surface area contributed by atoms with Gasteiger partial charge in [-0.3, -0.25) is 0 Å². The Labute approximate surface area is 103 Å². The normalized spacial score (nSPS) is 16.7. The van der Waals surface area contributed by atoms with E-state index in [4.69, 9.17) is 15.2 Å². The van der Waals surface area contributed by atoms with E-state index < -0.39 is 0 Å².